The molecule has 0 atom stereocenters. The van der Waals surface area contributed by atoms with Crippen molar-refractivity contribution < 1.29 is 18.7 Å². The molecule has 3 aromatic rings. The maximum Gasteiger partial charge on any atom is 0.257 e. The zero-order valence-electron chi connectivity index (χ0n) is 15.4. The first-order chi connectivity index (χ1) is 13.6. The van der Waals surface area contributed by atoms with E-state index in [4.69, 9.17) is 9.47 Å². The molecule has 28 heavy (non-hydrogen) atoms. The molecule has 0 bridgehead atoms. The molecule has 0 saturated carbocycles. The summed E-state index contributed by atoms with van der Waals surface area (Å²) in [6.07, 6.45) is 0. The third-order valence-corrected chi connectivity index (χ3v) is 5.69. The molecule has 0 aliphatic rings. The Morgan fingerprint density at radius 2 is 1.86 bits per heavy atom. The highest BCUT2D eigenvalue weighted by Crippen LogP contribution is 2.28. The number of thioether (sulfide) groups is 1. The molecule has 1 heterocycles. The topological polar surface area (TPSA) is 60.5 Å². The monoisotopic (exact) mass is 418 g/mol. The van der Waals surface area contributed by atoms with Gasteiger partial charge in [0.25, 0.3) is 5.91 Å². The summed E-state index contributed by atoms with van der Waals surface area (Å²) >= 11 is 3.06. The van der Waals surface area contributed by atoms with Gasteiger partial charge in [-0.3, -0.25) is 10.1 Å². The Balaban J connectivity index is 1.55. The Morgan fingerprint density at radius 1 is 1.11 bits per heavy atom. The van der Waals surface area contributed by atoms with E-state index in [0.29, 0.717) is 27.9 Å². The average molecular weight is 419 g/mol. The minimum absolute atomic E-state index is 0.233. The zero-order valence-corrected chi connectivity index (χ0v) is 17.0. The van der Waals surface area contributed by atoms with Crippen LogP contribution in [0.3, 0.4) is 0 Å². The molecule has 0 fully saturated rings. The third kappa shape index (κ3) is 5.24. The van der Waals surface area contributed by atoms with Gasteiger partial charge in [0.15, 0.2) is 16.6 Å². The second-order valence-electron chi connectivity index (χ2n) is 5.79. The molecule has 0 unspecified atom stereocenters. The molecule has 0 aliphatic carbocycles. The predicted octanol–water partition coefficient (Wildman–Crippen LogP) is 4.99. The lowest BCUT2D eigenvalue weighted by Gasteiger charge is -2.09. The molecule has 2 aromatic carbocycles. The van der Waals surface area contributed by atoms with E-state index in [9.17, 15) is 9.18 Å². The van der Waals surface area contributed by atoms with Gasteiger partial charge in [0.05, 0.1) is 19.9 Å². The first-order valence-corrected chi connectivity index (χ1v) is 10.4. The first kappa shape index (κ1) is 20.2. The standard InChI is InChI=1S/C20H19FN2O3S2/c1-25-17-8-5-14(9-18(17)26-2)19(24)23-20-22-16(12-28-20)11-27-10-13-3-6-15(21)7-4-13/h3-9,12H,10-11H2,1-2H3,(H,22,23,24). The fourth-order valence-corrected chi connectivity index (χ4v) is 4.13. The van der Waals surface area contributed by atoms with Gasteiger partial charge in [-0.05, 0) is 35.9 Å². The lowest BCUT2D eigenvalue weighted by Crippen LogP contribution is -2.12. The van der Waals surface area contributed by atoms with E-state index < -0.39 is 0 Å². The van der Waals surface area contributed by atoms with Crippen LogP contribution in [0.1, 0.15) is 21.6 Å². The molecular formula is C20H19FN2O3S2. The summed E-state index contributed by atoms with van der Waals surface area (Å²) in [6, 6.07) is 11.5. The van der Waals surface area contributed by atoms with E-state index >= 15 is 0 Å². The highest BCUT2D eigenvalue weighted by Gasteiger charge is 2.13. The van der Waals surface area contributed by atoms with Crippen LogP contribution in [-0.4, -0.2) is 25.1 Å². The minimum Gasteiger partial charge on any atom is -0.493 e. The van der Waals surface area contributed by atoms with E-state index in [2.05, 4.69) is 10.3 Å². The Bertz CT molecular complexity index is 945. The van der Waals surface area contributed by atoms with Crippen molar-refractivity contribution in [2.24, 2.45) is 0 Å². The molecule has 1 N–H and O–H groups in total. The highest BCUT2D eigenvalue weighted by atomic mass is 32.2. The van der Waals surface area contributed by atoms with Gasteiger partial charge in [-0.15, -0.1) is 11.3 Å². The molecule has 3 rings (SSSR count). The van der Waals surface area contributed by atoms with E-state index in [-0.39, 0.29) is 11.7 Å². The average Bonchev–Trinajstić information content (AvgIpc) is 3.16. The number of aromatic nitrogens is 1. The second-order valence-corrected chi connectivity index (χ2v) is 7.63. The van der Waals surface area contributed by atoms with Crippen molar-refractivity contribution in [1.82, 2.24) is 4.98 Å². The normalized spacial score (nSPS) is 10.5. The number of amides is 1. The molecule has 0 saturated heterocycles. The first-order valence-electron chi connectivity index (χ1n) is 8.39. The smallest absolute Gasteiger partial charge is 0.257 e. The molecule has 1 aromatic heterocycles. The maximum absolute atomic E-state index is 12.9. The number of carbonyl (C=O) groups excluding carboxylic acids is 1. The van der Waals surface area contributed by atoms with Gasteiger partial charge in [0.1, 0.15) is 5.82 Å². The molecular weight excluding hydrogens is 399 g/mol. The third-order valence-electron chi connectivity index (χ3n) is 3.85. The number of methoxy groups -OCH3 is 2. The number of nitrogens with zero attached hydrogens (tertiary/aromatic N) is 1. The molecule has 0 radical (unpaired) electrons. The summed E-state index contributed by atoms with van der Waals surface area (Å²) in [7, 11) is 3.07. The van der Waals surface area contributed by atoms with E-state index in [1.807, 2.05) is 5.38 Å². The van der Waals surface area contributed by atoms with Gasteiger partial charge < -0.3 is 9.47 Å². The predicted molar refractivity (Wildman–Crippen MR) is 111 cm³/mol. The number of nitrogens with one attached hydrogen (secondary N) is 1. The number of hydrogen-bond donors (Lipinski definition) is 1. The van der Waals surface area contributed by atoms with Crippen molar-refractivity contribution in [3.8, 4) is 11.5 Å². The summed E-state index contributed by atoms with van der Waals surface area (Å²) in [5.74, 6) is 2.04. The van der Waals surface area contributed by atoms with E-state index in [1.54, 1.807) is 49.2 Å². The summed E-state index contributed by atoms with van der Waals surface area (Å²) in [6.45, 7) is 0. The fourth-order valence-electron chi connectivity index (χ4n) is 2.43. The van der Waals surface area contributed by atoms with Crippen molar-refractivity contribution in [1.29, 1.82) is 0 Å². The van der Waals surface area contributed by atoms with Gasteiger partial charge in [0, 0.05) is 22.4 Å². The minimum atomic E-state index is -0.263. The van der Waals surface area contributed by atoms with Crippen LogP contribution >= 0.6 is 23.1 Å². The van der Waals surface area contributed by atoms with E-state index in [1.165, 1.54) is 30.6 Å². The number of halogens is 1. The molecule has 5 nitrogen and oxygen atoms in total. The molecule has 0 aliphatic heterocycles. The van der Waals surface area contributed by atoms with Crippen LogP contribution in [0.4, 0.5) is 9.52 Å². The molecule has 1 amide bonds. The van der Waals surface area contributed by atoms with Crippen LogP contribution in [0, 0.1) is 5.82 Å². The number of anilines is 1. The molecule has 146 valence electrons. The number of carbonyl (C=O) groups is 1. The number of ether oxygens (including phenoxy) is 2. The Hall–Kier alpha value is -2.58. The zero-order chi connectivity index (χ0) is 19.9. The Morgan fingerprint density at radius 3 is 2.57 bits per heavy atom. The van der Waals surface area contributed by atoms with Crippen LogP contribution in [0.5, 0.6) is 11.5 Å². The summed E-state index contributed by atoms with van der Waals surface area (Å²) in [5.41, 5.74) is 2.41. The van der Waals surface area contributed by atoms with E-state index in [0.717, 1.165) is 17.0 Å². The van der Waals surface area contributed by atoms with Crippen LogP contribution in [0.15, 0.2) is 47.8 Å². The van der Waals surface area contributed by atoms with Crippen molar-refractivity contribution in [2.75, 3.05) is 19.5 Å². The second kappa shape index (κ2) is 9.57. The number of rotatable bonds is 8. The summed E-state index contributed by atoms with van der Waals surface area (Å²) in [5, 5.41) is 5.26. The van der Waals surface area contributed by atoms with Crippen molar-refractivity contribution in [3.63, 3.8) is 0 Å². The summed E-state index contributed by atoms with van der Waals surface area (Å²) < 4.78 is 23.3. The van der Waals surface area contributed by atoms with Crippen LogP contribution in [0.25, 0.3) is 0 Å². The lowest BCUT2D eigenvalue weighted by atomic mass is 10.2. The van der Waals surface area contributed by atoms with Gasteiger partial charge in [-0.25, -0.2) is 9.37 Å². The lowest BCUT2D eigenvalue weighted by molar-refractivity contribution is 0.102. The van der Waals surface area contributed by atoms with Crippen molar-refractivity contribution in [2.45, 2.75) is 11.5 Å². The molecule has 8 heteroatoms. The van der Waals surface area contributed by atoms with Crippen molar-refractivity contribution >= 4 is 34.1 Å². The number of thiazole rings is 1. The SMILES string of the molecule is COc1ccc(C(=O)Nc2nc(CSCc3ccc(F)cc3)cs2)cc1OC. The highest BCUT2D eigenvalue weighted by molar-refractivity contribution is 7.97. The summed E-state index contributed by atoms with van der Waals surface area (Å²) in [4.78, 5) is 16.9. The number of benzene rings is 2. The van der Waals surface area contributed by atoms with Gasteiger partial charge in [0.2, 0.25) is 0 Å². The van der Waals surface area contributed by atoms with Crippen LogP contribution in [-0.2, 0) is 11.5 Å². The van der Waals surface area contributed by atoms with Crippen LogP contribution < -0.4 is 14.8 Å². The van der Waals surface area contributed by atoms with Crippen molar-refractivity contribution in [3.05, 3.63) is 70.5 Å². The molecule has 0 spiro atoms. The van der Waals surface area contributed by atoms with Crippen LogP contribution in [0.2, 0.25) is 0 Å². The maximum atomic E-state index is 12.9. The largest absolute Gasteiger partial charge is 0.493 e. The van der Waals surface area contributed by atoms with Gasteiger partial charge in [-0.1, -0.05) is 12.1 Å². The fraction of sp³-hybridized carbons (Fsp3) is 0.200. The van der Waals surface area contributed by atoms with Gasteiger partial charge in [-0.2, -0.15) is 11.8 Å². The Labute approximate surface area is 170 Å². The van der Waals surface area contributed by atoms with Gasteiger partial charge >= 0.3 is 0 Å². The quantitative estimate of drug-likeness (QED) is 0.559. The Kier molecular flexibility index (Phi) is 6.89. The number of hydrogen-bond acceptors (Lipinski definition) is 6.